The van der Waals surface area contributed by atoms with Crippen LogP contribution in [-0.2, 0) is 4.79 Å². The molecule has 0 radical (unpaired) electrons. The van der Waals surface area contributed by atoms with Crippen LogP contribution in [0.5, 0.6) is 0 Å². The Labute approximate surface area is 191 Å². The number of hydrogen-bond acceptors (Lipinski definition) is 3. The number of carbonyl (C=O) groups is 2. The van der Waals surface area contributed by atoms with Crippen molar-refractivity contribution >= 4 is 35.0 Å². The van der Waals surface area contributed by atoms with Crippen LogP contribution >= 0.6 is 0 Å². The molecule has 4 rings (SSSR count). The average molecular weight is 434 g/mol. The van der Waals surface area contributed by atoms with Gasteiger partial charge in [-0.15, -0.1) is 0 Å². The number of amides is 2. The molecule has 0 spiro atoms. The number of fused-ring (bicyclic) bond motifs is 1. The van der Waals surface area contributed by atoms with E-state index < -0.39 is 5.91 Å². The number of aromatic nitrogens is 1. The summed E-state index contributed by atoms with van der Waals surface area (Å²) in [6.07, 6.45) is 8.48. The quantitative estimate of drug-likeness (QED) is 0.171. The second kappa shape index (κ2) is 10.5. The van der Waals surface area contributed by atoms with Crippen LogP contribution in [0, 0.1) is 0 Å². The lowest BCUT2D eigenvalue weighted by Crippen LogP contribution is -2.32. The number of hydrogen-bond donors (Lipinski definition) is 3. The highest BCUT2D eigenvalue weighted by Crippen LogP contribution is 2.15. The van der Waals surface area contributed by atoms with E-state index in [2.05, 4.69) is 20.8 Å². The first-order valence-electron chi connectivity index (χ1n) is 10.4. The van der Waals surface area contributed by atoms with Gasteiger partial charge in [-0.3, -0.25) is 9.59 Å². The van der Waals surface area contributed by atoms with Crippen molar-refractivity contribution in [2.45, 2.75) is 0 Å². The number of H-pyrrole nitrogens is 1. The molecule has 6 heteroatoms. The molecule has 2 amide bonds. The maximum atomic E-state index is 12.8. The lowest BCUT2D eigenvalue weighted by molar-refractivity contribution is -0.117. The molecule has 0 aliphatic heterocycles. The van der Waals surface area contributed by atoms with Gasteiger partial charge >= 0.3 is 0 Å². The van der Waals surface area contributed by atoms with Gasteiger partial charge in [0.25, 0.3) is 11.8 Å². The first-order valence-corrected chi connectivity index (χ1v) is 10.4. The van der Waals surface area contributed by atoms with Crippen molar-refractivity contribution in [3.8, 4) is 0 Å². The van der Waals surface area contributed by atoms with Gasteiger partial charge in [0.15, 0.2) is 0 Å². The number of carbonyl (C=O) groups excluding carboxylic acids is 2. The molecule has 1 aromatic heterocycles. The van der Waals surface area contributed by atoms with Crippen molar-refractivity contribution in [2.24, 2.45) is 5.10 Å². The Morgan fingerprint density at radius 2 is 1.55 bits per heavy atom. The number of benzene rings is 3. The summed E-state index contributed by atoms with van der Waals surface area (Å²) in [6, 6.07) is 26.2. The summed E-state index contributed by atoms with van der Waals surface area (Å²) in [5.74, 6) is -0.918. The van der Waals surface area contributed by atoms with Crippen LogP contribution in [0.3, 0.4) is 0 Å². The van der Waals surface area contributed by atoms with Crippen LogP contribution in [0.2, 0.25) is 0 Å². The number of hydrazone groups is 1. The van der Waals surface area contributed by atoms with Crippen molar-refractivity contribution in [1.29, 1.82) is 0 Å². The first kappa shape index (κ1) is 21.5. The van der Waals surface area contributed by atoms with E-state index in [1.54, 1.807) is 42.6 Å². The number of aromatic amines is 1. The Morgan fingerprint density at radius 1 is 0.848 bits per heavy atom. The van der Waals surface area contributed by atoms with E-state index in [0.29, 0.717) is 5.56 Å². The first-order chi connectivity index (χ1) is 16.2. The van der Waals surface area contributed by atoms with Gasteiger partial charge < -0.3 is 10.3 Å². The number of allylic oxidation sites excluding steroid dienone is 2. The molecule has 0 aliphatic rings. The molecule has 0 atom stereocenters. The fraction of sp³-hybridized carbons (Fsp3) is 0. The van der Waals surface area contributed by atoms with Crippen molar-refractivity contribution in [3.63, 3.8) is 0 Å². The highest BCUT2D eigenvalue weighted by atomic mass is 16.2. The molecular formula is C27H22N4O2. The van der Waals surface area contributed by atoms with E-state index in [1.807, 2.05) is 72.9 Å². The van der Waals surface area contributed by atoms with E-state index in [1.165, 1.54) is 0 Å². The third kappa shape index (κ3) is 5.71. The molecule has 0 saturated carbocycles. The Bertz CT molecular complexity index is 1340. The summed E-state index contributed by atoms with van der Waals surface area (Å²) in [7, 11) is 0. The summed E-state index contributed by atoms with van der Waals surface area (Å²) in [5, 5.41) is 7.74. The molecular weight excluding hydrogens is 412 g/mol. The number of para-hydroxylation sites is 1. The maximum absolute atomic E-state index is 12.8. The van der Waals surface area contributed by atoms with Crippen LogP contribution in [0.4, 0.5) is 0 Å². The zero-order chi connectivity index (χ0) is 22.9. The van der Waals surface area contributed by atoms with Gasteiger partial charge in [0.2, 0.25) is 0 Å². The fourth-order valence-corrected chi connectivity index (χ4v) is 3.20. The number of rotatable bonds is 7. The lowest BCUT2D eigenvalue weighted by atomic mass is 10.2. The van der Waals surface area contributed by atoms with E-state index in [9.17, 15) is 9.59 Å². The van der Waals surface area contributed by atoms with Crippen LogP contribution in [0.15, 0.2) is 114 Å². The average Bonchev–Trinajstić information content (AvgIpc) is 3.27. The fourth-order valence-electron chi connectivity index (χ4n) is 3.20. The molecule has 6 nitrogen and oxygen atoms in total. The molecule has 4 aromatic rings. The maximum Gasteiger partial charge on any atom is 0.287 e. The highest BCUT2D eigenvalue weighted by Gasteiger charge is 2.13. The van der Waals surface area contributed by atoms with Gasteiger partial charge in [0.1, 0.15) is 5.70 Å². The molecule has 3 N–H and O–H groups in total. The van der Waals surface area contributed by atoms with Crippen molar-refractivity contribution in [3.05, 3.63) is 126 Å². The molecule has 0 aliphatic carbocycles. The van der Waals surface area contributed by atoms with Crippen LogP contribution in [0.25, 0.3) is 17.0 Å². The summed E-state index contributed by atoms with van der Waals surface area (Å²) >= 11 is 0. The predicted molar refractivity (Wildman–Crippen MR) is 132 cm³/mol. The van der Waals surface area contributed by atoms with Gasteiger partial charge in [0, 0.05) is 28.2 Å². The van der Waals surface area contributed by atoms with Crippen LogP contribution in [-0.4, -0.2) is 23.0 Å². The third-order valence-electron chi connectivity index (χ3n) is 4.87. The summed E-state index contributed by atoms with van der Waals surface area (Å²) < 4.78 is 0. The van der Waals surface area contributed by atoms with Gasteiger partial charge in [-0.25, -0.2) is 5.43 Å². The highest BCUT2D eigenvalue weighted by molar-refractivity contribution is 6.04. The van der Waals surface area contributed by atoms with E-state index in [-0.39, 0.29) is 11.6 Å². The van der Waals surface area contributed by atoms with Crippen molar-refractivity contribution in [2.75, 3.05) is 0 Å². The van der Waals surface area contributed by atoms with Gasteiger partial charge in [-0.1, -0.05) is 78.9 Å². The smallest absolute Gasteiger partial charge is 0.287 e. The van der Waals surface area contributed by atoms with Gasteiger partial charge in [-0.05, 0) is 29.8 Å². The molecule has 0 unspecified atom stereocenters. The molecule has 162 valence electrons. The lowest BCUT2D eigenvalue weighted by Gasteiger charge is -2.08. The summed E-state index contributed by atoms with van der Waals surface area (Å²) in [4.78, 5) is 28.6. The third-order valence-corrected chi connectivity index (χ3v) is 4.87. The Kier molecular flexibility index (Phi) is 6.88. The second-order valence-corrected chi connectivity index (χ2v) is 7.16. The molecule has 1 heterocycles. The predicted octanol–water partition coefficient (Wildman–Crippen LogP) is 4.65. The minimum absolute atomic E-state index is 0.0760. The Balaban J connectivity index is 1.51. The molecule has 0 fully saturated rings. The summed E-state index contributed by atoms with van der Waals surface area (Å²) in [5.41, 5.74) is 5.81. The summed E-state index contributed by atoms with van der Waals surface area (Å²) in [6.45, 7) is 0. The largest absolute Gasteiger partial charge is 0.361 e. The second-order valence-electron chi connectivity index (χ2n) is 7.16. The zero-order valence-corrected chi connectivity index (χ0v) is 17.7. The number of nitrogens with one attached hydrogen (secondary N) is 3. The van der Waals surface area contributed by atoms with Crippen LogP contribution < -0.4 is 10.7 Å². The van der Waals surface area contributed by atoms with Gasteiger partial charge in [0.05, 0.1) is 6.21 Å². The molecule has 0 saturated heterocycles. The molecule has 3 aromatic carbocycles. The Hall–Kier alpha value is -4.71. The normalized spacial score (nSPS) is 11.8. The number of nitrogens with zero attached hydrogens (tertiary/aromatic N) is 1. The minimum atomic E-state index is -0.534. The standard InChI is InChI=1S/C27H22N4O2/c32-26(21-13-5-2-6-14-21)30-25(17-9-12-20-10-3-1-4-11-20)27(33)31-29-19-22-18-28-24-16-8-7-15-23(22)24/h1-19,28H,(H,30,32)(H,31,33)/b12-9+,25-17+,29-19+. The zero-order valence-electron chi connectivity index (χ0n) is 17.7. The SMILES string of the molecule is O=C(N/N=C/c1c[nH]c2ccccc12)/C(=C\C=C\c1ccccc1)NC(=O)c1ccccc1. The van der Waals surface area contributed by atoms with Crippen molar-refractivity contribution < 1.29 is 9.59 Å². The molecule has 33 heavy (non-hydrogen) atoms. The van der Waals surface area contributed by atoms with Crippen molar-refractivity contribution in [1.82, 2.24) is 15.7 Å². The van der Waals surface area contributed by atoms with E-state index in [0.717, 1.165) is 22.0 Å². The Morgan fingerprint density at radius 3 is 2.33 bits per heavy atom. The van der Waals surface area contributed by atoms with E-state index >= 15 is 0 Å². The topological polar surface area (TPSA) is 86.3 Å². The monoisotopic (exact) mass is 434 g/mol. The van der Waals surface area contributed by atoms with Crippen LogP contribution in [0.1, 0.15) is 21.5 Å². The van der Waals surface area contributed by atoms with E-state index in [4.69, 9.17) is 0 Å². The minimum Gasteiger partial charge on any atom is -0.361 e. The van der Waals surface area contributed by atoms with Gasteiger partial charge in [-0.2, -0.15) is 5.10 Å². The molecule has 0 bridgehead atoms.